The SMILES string of the molecule is Cc1ccc(C(=O)C(C)OC(=O)c2ccc3c(c2)CCC(=O)N3)cc1. The summed E-state index contributed by atoms with van der Waals surface area (Å²) in [7, 11) is 0. The molecule has 0 aliphatic carbocycles. The molecule has 3 rings (SSSR count). The van der Waals surface area contributed by atoms with Gasteiger partial charge in [-0.3, -0.25) is 9.59 Å². The Morgan fingerprint density at radius 3 is 2.44 bits per heavy atom. The van der Waals surface area contributed by atoms with Gasteiger partial charge in [0.2, 0.25) is 11.7 Å². The van der Waals surface area contributed by atoms with Crippen molar-refractivity contribution in [1.29, 1.82) is 0 Å². The largest absolute Gasteiger partial charge is 0.451 e. The highest BCUT2D eigenvalue weighted by Gasteiger charge is 2.22. The number of nitrogens with one attached hydrogen (secondary N) is 1. The maximum atomic E-state index is 12.4. The number of hydrogen-bond donors (Lipinski definition) is 1. The standard InChI is InChI=1S/C20H19NO4/c1-12-3-5-14(6-4-12)19(23)13(2)25-20(24)16-7-9-17-15(11-16)8-10-18(22)21-17/h3-7,9,11,13H,8,10H2,1-2H3,(H,21,22). The van der Waals surface area contributed by atoms with Crippen molar-refractivity contribution in [1.82, 2.24) is 0 Å². The second kappa shape index (κ2) is 6.89. The molecule has 1 N–H and O–H groups in total. The van der Waals surface area contributed by atoms with Gasteiger partial charge < -0.3 is 10.1 Å². The number of ketones is 1. The molecule has 0 saturated carbocycles. The van der Waals surface area contributed by atoms with Crippen LogP contribution in [0.4, 0.5) is 5.69 Å². The number of ether oxygens (including phenoxy) is 1. The summed E-state index contributed by atoms with van der Waals surface area (Å²) in [5.74, 6) is -0.814. The third-order valence-electron chi connectivity index (χ3n) is 4.23. The monoisotopic (exact) mass is 337 g/mol. The third kappa shape index (κ3) is 3.76. The zero-order valence-electron chi connectivity index (χ0n) is 14.2. The van der Waals surface area contributed by atoms with Crippen molar-refractivity contribution < 1.29 is 19.1 Å². The summed E-state index contributed by atoms with van der Waals surface area (Å²) < 4.78 is 5.32. The molecule has 128 valence electrons. The summed E-state index contributed by atoms with van der Waals surface area (Å²) in [6, 6.07) is 12.1. The van der Waals surface area contributed by atoms with Gasteiger partial charge in [-0.25, -0.2) is 4.79 Å². The molecular weight excluding hydrogens is 318 g/mol. The van der Waals surface area contributed by atoms with Gasteiger partial charge in [0.1, 0.15) is 0 Å². The Balaban J connectivity index is 1.70. The van der Waals surface area contributed by atoms with Crippen LogP contribution in [-0.2, 0) is 16.0 Å². The van der Waals surface area contributed by atoms with E-state index in [1.165, 1.54) is 0 Å². The Morgan fingerprint density at radius 1 is 1.04 bits per heavy atom. The first-order chi connectivity index (χ1) is 11.9. The van der Waals surface area contributed by atoms with Crippen molar-refractivity contribution in [3.63, 3.8) is 0 Å². The van der Waals surface area contributed by atoms with Crippen molar-refractivity contribution in [3.8, 4) is 0 Å². The summed E-state index contributed by atoms with van der Waals surface area (Å²) in [4.78, 5) is 36.1. The van der Waals surface area contributed by atoms with Gasteiger partial charge in [-0.05, 0) is 44.0 Å². The van der Waals surface area contributed by atoms with Crippen LogP contribution in [0.5, 0.6) is 0 Å². The molecule has 0 spiro atoms. The lowest BCUT2D eigenvalue weighted by Crippen LogP contribution is -2.25. The Morgan fingerprint density at radius 2 is 1.72 bits per heavy atom. The minimum absolute atomic E-state index is 0.0276. The number of hydrogen-bond acceptors (Lipinski definition) is 4. The smallest absolute Gasteiger partial charge is 0.338 e. The second-order valence-corrected chi connectivity index (χ2v) is 6.20. The van der Waals surface area contributed by atoms with E-state index in [2.05, 4.69) is 5.32 Å². The quantitative estimate of drug-likeness (QED) is 0.686. The maximum absolute atomic E-state index is 12.4. The van der Waals surface area contributed by atoms with Crippen molar-refractivity contribution in [2.45, 2.75) is 32.8 Å². The average molecular weight is 337 g/mol. The van der Waals surface area contributed by atoms with Crippen LogP contribution in [0.1, 0.15) is 45.2 Å². The van der Waals surface area contributed by atoms with Gasteiger partial charge in [0.25, 0.3) is 0 Å². The van der Waals surface area contributed by atoms with Crippen molar-refractivity contribution in [3.05, 3.63) is 64.7 Å². The number of carbonyl (C=O) groups is 3. The molecular formula is C20H19NO4. The first kappa shape index (κ1) is 16.9. The number of esters is 1. The molecule has 1 aliphatic heterocycles. The van der Waals surface area contributed by atoms with Crippen LogP contribution >= 0.6 is 0 Å². The highest BCUT2D eigenvalue weighted by Crippen LogP contribution is 2.24. The van der Waals surface area contributed by atoms with Crippen LogP contribution < -0.4 is 5.32 Å². The Labute approximate surface area is 146 Å². The van der Waals surface area contributed by atoms with Gasteiger partial charge >= 0.3 is 5.97 Å². The van der Waals surface area contributed by atoms with E-state index in [9.17, 15) is 14.4 Å². The van der Waals surface area contributed by atoms with Gasteiger partial charge in [-0.2, -0.15) is 0 Å². The van der Waals surface area contributed by atoms with Gasteiger partial charge in [0.05, 0.1) is 5.56 Å². The van der Waals surface area contributed by atoms with Crippen LogP contribution in [-0.4, -0.2) is 23.8 Å². The second-order valence-electron chi connectivity index (χ2n) is 6.20. The summed E-state index contributed by atoms with van der Waals surface area (Å²) >= 11 is 0. The summed E-state index contributed by atoms with van der Waals surface area (Å²) in [5, 5.41) is 2.77. The first-order valence-corrected chi connectivity index (χ1v) is 8.18. The molecule has 0 fully saturated rings. The van der Waals surface area contributed by atoms with Crippen LogP contribution in [0.25, 0.3) is 0 Å². The number of aryl methyl sites for hydroxylation is 2. The molecule has 5 heteroatoms. The molecule has 0 radical (unpaired) electrons. The van der Waals surface area contributed by atoms with E-state index < -0.39 is 12.1 Å². The Bertz CT molecular complexity index is 839. The van der Waals surface area contributed by atoms with E-state index in [0.717, 1.165) is 16.8 Å². The molecule has 5 nitrogen and oxygen atoms in total. The Kier molecular flexibility index (Phi) is 4.65. The predicted octanol–water partition coefficient (Wildman–Crippen LogP) is 3.31. The van der Waals surface area contributed by atoms with Crippen molar-refractivity contribution in [2.75, 3.05) is 5.32 Å². The fourth-order valence-electron chi connectivity index (χ4n) is 2.75. The third-order valence-corrected chi connectivity index (χ3v) is 4.23. The lowest BCUT2D eigenvalue weighted by Gasteiger charge is -2.18. The molecule has 1 aliphatic rings. The van der Waals surface area contributed by atoms with E-state index in [1.54, 1.807) is 37.3 Å². The minimum atomic E-state index is -0.869. The lowest BCUT2D eigenvalue weighted by molar-refractivity contribution is -0.116. The van der Waals surface area contributed by atoms with E-state index >= 15 is 0 Å². The summed E-state index contributed by atoms with van der Waals surface area (Å²) in [6.07, 6.45) is 0.111. The molecule has 2 aromatic rings. The molecule has 0 saturated heterocycles. The summed E-state index contributed by atoms with van der Waals surface area (Å²) in [5.41, 5.74) is 3.56. The van der Waals surface area contributed by atoms with E-state index in [4.69, 9.17) is 4.74 Å². The van der Waals surface area contributed by atoms with Gasteiger partial charge in [-0.15, -0.1) is 0 Å². The normalized spacial score (nSPS) is 14.2. The molecule has 25 heavy (non-hydrogen) atoms. The fraction of sp³-hybridized carbons (Fsp3) is 0.250. The number of fused-ring (bicyclic) bond motifs is 1. The number of rotatable bonds is 4. The van der Waals surface area contributed by atoms with Crippen LogP contribution in [0.3, 0.4) is 0 Å². The van der Waals surface area contributed by atoms with Crippen LogP contribution in [0.15, 0.2) is 42.5 Å². The zero-order chi connectivity index (χ0) is 18.0. The first-order valence-electron chi connectivity index (χ1n) is 8.18. The van der Waals surface area contributed by atoms with Crippen LogP contribution in [0.2, 0.25) is 0 Å². The number of anilines is 1. The lowest BCUT2D eigenvalue weighted by atomic mass is 10.0. The molecule has 0 bridgehead atoms. The number of carbonyl (C=O) groups excluding carboxylic acids is 3. The van der Waals surface area contributed by atoms with Gasteiger partial charge in [-0.1, -0.05) is 29.8 Å². The number of Topliss-reactive ketones (excluding diaryl/α,β-unsaturated/α-hetero) is 1. The van der Waals surface area contributed by atoms with Crippen molar-refractivity contribution in [2.24, 2.45) is 0 Å². The molecule has 1 unspecified atom stereocenters. The summed E-state index contributed by atoms with van der Waals surface area (Å²) in [6.45, 7) is 3.51. The number of benzene rings is 2. The molecule has 1 atom stereocenters. The van der Waals surface area contributed by atoms with Gasteiger partial charge in [0, 0.05) is 17.7 Å². The minimum Gasteiger partial charge on any atom is -0.451 e. The highest BCUT2D eigenvalue weighted by atomic mass is 16.5. The maximum Gasteiger partial charge on any atom is 0.338 e. The Hall–Kier alpha value is -2.95. The predicted molar refractivity (Wildman–Crippen MR) is 93.8 cm³/mol. The van der Waals surface area contributed by atoms with Crippen LogP contribution in [0, 0.1) is 6.92 Å². The van der Waals surface area contributed by atoms with E-state index in [0.29, 0.717) is 24.0 Å². The molecule has 1 amide bonds. The zero-order valence-corrected chi connectivity index (χ0v) is 14.2. The highest BCUT2D eigenvalue weighted by molar-refractivity contribution is 6.01. The fourth-order valence-corrected chi connectivity index (χ4v) is 2.75. The molecule has 1 heterocycles. The topological polar surface area (TPSA) is 72.5 Å². The van der Waals surface area contributed by atoms with Gasteiger partial charge in [0.15, 0.2) is 6.10 Å². The van der Waals surface area contributed by atoms with E-state index in [1.807, 2.05) is 19.1 Å². The average Bonchev–Trinajstić information content (AvgIpc) is 2.61. The molecule has 2 aromatic carbocycles. The number of amides is 1. The van der Waals surface area contributed by atoms with E-state index in [-0.39, 0.29) is 11.7 Å². The molecule has 0 aromatic heterocycles. The van der Waals surface area contributed by atoms with Crippen molar-refractivity contribution >= 4 is 23.3 Å².